The third-order valence-electron chi connectivity index (χ3n) is 2.74. The zero-order chi connectivity index (χ0) is 12.6. The fourth-order valence-electron chi connectivity index (χ4n) is 1.69. The van der Waals surface area contributed by atoms with Crippen LogP contribution in [0.2, 0.25) is 0 Å². The van der Waals surface area contributed by atoms with Gasteiger partial charge >= 0.3 is 0 Å². The van der Waals surface area contributed by atoms with Crippen LogP contribution in [0.15, 0.2) is 24.3 Å². The maximum Gasteiger partial charge on any atom is 0.00885 e. The fourth-order valence-corrected chi connectivity index (χ4v) is 1.69. The Morgan fingerprint density at radius 3 is 1.94 bits per heavy atom. The van der Waals surface area contributed by atoms with E-state index >= 15 is 0 Å². The quantitative estimate of drug-likeness (QED) is 0.393. The summed E-state index contributed by atoms with van der Waals surface area (Å²) in [6, 6.07) is 0. The molecular weight excluding hydrogens is 204 g/mol. The number of hydrogen-bond acceptors (Lipinski definition) is 0. The van der Waals surface area contributed by atoms with Gasteiger partial charge in [0.25, 0.3) is 0 Å². The van der Waals surface area contributed by atoms with Gasteiger partial charge < -0.3 is 0 Å². The molecule has 17 heavy (non-hydrogen) atoms. The van der Waals surface area contributed by atoms with Crippen molar-refractivity contribution in [1.29, 1.82) is 0 Å². The summed E-state index contributed by atoms with van der Waals surface area (Å²) in [5, 5.41) is 0. The number of rotatable bonds is 7. The average Bonchev–Trinajstić information content (AvgIpc) is 2.92. The van der Waals surface area contributed by atoms with E-state index in [-0.39, 0.29) is 0 Å². The molecule has 0 spiro atoms. The largest absolute Gasteiger partial charge is 0.107 e. The molecule has 0 unspecified atom stereocenters. The molecule has 0 aromatic heterocycles. The van der Waals surface area contributed by atoms with E-state index in [1.165, 1.54) is 44.9 Å². The summed E-state index contributed by atoms with van der Waals surface area (Å²) in [5.74, 6) is 6.03. The maximum atomic E-state index is 3.10. The van der Waals surface area contributed by atoms with Gasteiger partial charge in [0.05, 0.1) is 0 Å². The highest BCUT2D eigenvalue weighted by atomic mass is 13.9. The molecule has 1 aliphatic rings. The van der Waals surface area contributed by atoms with Crippen molar-refractivity contribution in [3.8, 4) is 11.8 Å². The lowest BCUT2D eigenvalue weighted by Crippen LogP contribution is -1.78. The minimum atomic E-state index is 1.10. The van der Waals surface area contributed by atoms with Crippen molar-refractivity contribution in [2.75, 3.05) is 0 Å². The first kappa shape index (κ1) is 16.0. The second-order valence-electron chi connectivity index (χ2n) is 4.39. The van der Waals surface area contributed by atoms with Gasteiger partial charge in [-0.05, 0) is 19.8 Å². The molecule has 0 heterocycles. The second kappa shape index (κ2) is 15.0. The normalized spacial score (nSPS) is 11.6. The maximum absolute atomic E-state index is 3.10. The highest BCUT2D eigenvalue weighted by Gasteiger charge is 1.88. The van der Waals surface area contributed by atoms with Crippen LogP contribution >= 0.6 is 0 Å². The van der Waals surface area contributed by atoms with Crippen LogP contribution in [0.5, 0.6) is 0 Å². The van der Waals surface area contributed by atoms with Crippen LogP contribution in [-0.2, 0) is 0 Å². The van der Waals surface area contributed by atoms with E-state index in [9.17, 15) is 0 Å². The predicted molar refractivity (Wildman–Crippen MR) is 79.0 cm³/mol. The molecule has 1 aliphatic carbocycles. The van der Waals surface area contributed by atoms with Crippen LogP contribution in [-0.4, -0.2) is 0 Å². The lowest BCUT2D eigenvalue weighted by atomic mass is 10.1. The van der Waals surface area contributed by atoms with Gasteiger partial charge in [0, 0.05) is 6.42 Å². The van der Waals surface area contributed by atoms with E-state index in [2.05, 4.69) is 43.1 Å². The SMILES string of the molecule is C1=CCC=C1.CC#CCCCCCCCCC. The van der Waals surface area contributed by atoms with Crippen molar-refractivity contribution >= 4 is 0 Å². The first-order valence-corrected chi connectivity index (χ1v) is 7.13. The molecule has 0 aromatic carbocycles. The van der Waals surface area contributed by atoms with E-state index in [0.717, 1.165) is 12.8 Å². The van der Waals surface area contributed by atoms with E-state index in [1.54, 1.807) is 0 Å². The molecule has 0 atom stereocenters. The van der Waals surface area contributed by atoms with Crippen molar-refractivity contribution in [3.05, 3.63) is 24.3 Å². The molecule has 0 fully saturated rings. The summed E-state index contributed by atoms with van der Waals surface area (Å²) in [4.78, 5) is 0. The number of allylic oxidation sites excluding steroid dienone is 4. The van der Waals surface area contributed by atoms with E-state index in [4.69, 9.17) is 0 Å². The van der Waals surface area contributed by atoms with Crippen LogP contribution in [0, 0.1) is 11.8 Å². The van der Waals surface area contributed by atoms with Gasteiger partial charge in [0.15, 0.2) is 0 Å². The molecule has 1 rings (SSSR count). The topological polar surface area (TPSA) is 0 Å². The van der Waals surface area contributed by atoms with Crippen molar-refractivity contribution in [3.63, 3.8) is 0 Å². The van der Waals surface area contributed by atoms with Crippen LogP contribution in [0.3, 0.4) is 0 Å². The monoisotopic (exact) mass is 232 g/mol. The lowest BCUT2D eigenvalue weighted by molar-refractivity contribution is 0.594. The van der Waals surface area contributed by atoms with Gasteiger partial charge in [0.2, 0.25) is 0 Å². The first-order chi connectivity index (χ1) is 8.41. The van der Waals surface area contributed by atoms with Crippen LogP contribution in [0.4, 0.5) is 0 Å². The Kier molecular flexibility index (Phi) is 14.2. The van der Waals surface area contributed by atoms with E-state index in [1.807, 2.05) is 6.92 Å². The van der Waals surface area contributed by atoms with Crippen LogP contribution < -0.4 is 0 Å². The number of hydrogen-bond donors (Lipinski definition) is 0. The zero-order valence-electron chi connectivity index (χ0n) is 11.7. The standard InChI is InChI=1S/C12H22.C5H6/c1-3-5-7-9-11-12-10-8-6-4-2;1-2-4-5-3-1/h3,5,7-12H2,1-2H3;1-4H,5H2. The third kappa shape index (κ3) is 15.0. The molecule has 0 N–H and O–H groups in total. The molecule has 0 nitrogen and oxygen atoms in total. The van der Waals surface area contributed by atoms with E-state index < -0.39 is 0 Å². The Bertz CT molecular complexity index is 237. The summed E-state index contributed by atoms with van der Waals surface area (Å²) in [5.41, 5.74) is 0. The fraction of sp³-hybridized carbons (Fsp3) is 0.647. The van der Waals surface area contributed by atoms with Crippen molar-refractivity contribution in [2.45, 2.75) is 71.6 Å². The van der Waals surface area contributed by atoms with Gasteiger partial charge in [-0.1, -0.05) is 69.8 Å². The molecule has 96 valence electrons. The third-order valence-corrected chi connectivity index (χ3v) is 2.74. The van der Waals surface area contributed by atoms with E-state index in [0.29, 0.717) is 0 Å². The first-order valence-electron chi connectivity index (χ1n) is 7.13. The minimum Gasteiger partial charge on any atom is -0.107 e. The van der Waals surface area contributed by atoms with Gasteiger partial charge in [-0.15, -0.1) is 11.8 Å². The molecule has 0 heteroatoms. The molecule has 0 saturated heterocycles. The summed E-state index contributed by atoms with van der Waals surface area (Å²) >= 11 is 0. The zero-order valence-corrected chi connectivity index (χ0v) is 11.7. The minimum absolute atomic E-state index is 1.10. The molecule has 0 amide bonds. The Hall–Kier alpha value is -0.960. The summed E-state index contributed by atoms with van der Waals surface area (Å²) in [6.07, 6.45) is 20.3. The summed E-state index contributed by atoms with van der Waals surface area (Å²) in [6.45, 7) is 4.18. The Balaban J connectivity index is 0.000000419. The highest BCUT2D eigenvalue weighted by molar-refractivity contribution is 5.11. The van der Waals surface area contributed by atoms with Gasteiger partial charge in [-0.2, -0.15) is 0 Å². The average molecular weight is 232 g/mol. The molecule has 0 saturated carbocycles. The van der Waals surface area contributed by atoms with Gasteiger partial charge in [0.1, 0.15) is 0 Å². The predicted octanol–water partition coefficient (Wildman–Crippen LogP) is 5.65. The molecule has 0 aromatic rings. The van der Waals surface area contributed by atoms with Crippen LogP contribution in [0.1, 0.15) is 71.6 Å². The molecule has 0 aliphatic heterocycles. The lowest BCUT2D eigenvalue weighted by Gasteiger charge is -1.97. The Morgan fingerprint density at radius 2 is 1.47 bits per heavy atom. The van der Waals surface area contributed by atoms with Crippen molar-refractivity contribution < 1.29 is 0 Å². The molecule has 0 radical (unpaired) electrons. The summed E-state index contributed by atoms with van der Waals surface area (Å²) < 4.78 is 0. The van der Waals surface area contributed by atoms with Gasteiger partial charge in [-0.3, -0.25) is 0 Å². The molecular formula is C17H28. The summed E-state index contributed by atoms with van der Waals surface area (Å²) in [7, 11) is 0. The smallest absolute Gasteiger partial charge is 0.00885 e. The Labute approximate surface area is 108 Å². The van der Waals surface area contributed by atoms with Crippen molar-refractivity contribution in [2.24, 2.45) is 0 Å². The molecule has 0 bridgehead atoms. The second-order valence-corrected chi connectivity index (χ2v) is 4.39. The van der Waals surface area contributed by atoms with Crippen molar-refractivity contribution in [1.82, 2.24) is 0 Å². The Morgan fingerprint density at radius 1 is 0.882 bits per heavy atom. The van der Waals surface area contributed by atoms with Crippen LogP contribution in [0.25, 0.3) is 0 Å². The number of unbranched alkanes of at least 4 members (excludes halogenated alkanes) is 7. The van der Waals surface area contributed by atoms with Gasteiger partial charge in [-0.25, -0.2) is 0 Å². The highest BCUT2D eigenvalue weighted by Crippen LogP contribution is 2.07.